The smallest absolute Gasteiger partial charge is 0.226 e. The fourth-order valence-electron chi connectivity index (χ4n) is 5.56. The van der Waals surface area contributed by atoms with Gasteiger partial charge in [-0.05, 0) is 74.4 Å². The maximum atomic E-state index is 12.7. The average Bonchev–Trinajstić information content (AvgIpc) is 3.04. The Balaban J connectivity index is 2.08. The molecule has 2 N–H and O–H groups in total. The van der Waals surface area contributed by atoms with E-state index in [0.717, 1.165) is 68.2 Å². The Bertz CT molecular complexity index is 1130. The third-order valence-electron chi connectivity index (χ3n) is 8.22. The first-order valence-corrected chi connectivity index (χ1v) is 17.8. The van der Waals surface area contributed by atoms with Crippen LogP contribution in [0.5, 0.6) is 11.5 Å². The van der Waals surface area contributed by atoms with Crippen molar-refractivity contribution in [2.75, 3.05) is 39.6 Å². The number of benzene rings is 2. The van der Waals surface area contributed by atoms with Crippen molar-refractivity contribution in [3.63, 3.8) is 0 Å². The van der Waals surface area contributed by atoms with E-state index < -0.39 is 30.2 Å². The van der Waals surface area contributed by atoms with Crippen LogP contribution in [0.15, 0.2) is 36.4 Å². The lowest BCUT2D eigenvalue weighted by molar-refractivity contribution is -0.375. The summed E-state index contributed by atoms with van der Waals surface area (Å²) in [5.41, 5.74) is 1.90. The lowest BCUT2D eigenvalue weighted by Gasteiger charge is -2.50. The maximum absolute atomic E-state index is 12.7. The minimum absolute atomic E-state index is 0.175. The van der Waals surface area contributed by atoms with E-state index in [4.69, 9.17) is 40.0 Å². The zero-order valence-electron chi connectivity index (χ0n) is 28.6. The first-order chi connectivity index (χ1) is 22.3. The molecule has 0 bridgehead atoms. The van der Waals surface area contributed by atoms with Gasteiger partial charge in [-0.2, -0.15) is 0 Å². The van der Waals surface area contributed by atoms with Crippen LogP contribution in [-0.2, 0) is 35.9 Å². The van der Waals surface area contributed by atoms with Crippen molar-refractivity contribution in [3.05, 3.63) is 58.1 Å². The molecule has 0 saturated carbocycles. The van der Waals surface area contributed by atoms with E-state index in [-0.39, 0.29) is 17.9 Å². The molecule has 8 nitrogen and oxygen atoms in total. The molecule has 0 aromatic heterocycles. The number of unbranched alkanes of at least 4 members (excludes halogenated alkanes) is 4. The highest BCUT2D eigenvalue weighted by molar-refractivity contribution is 6.31. The van der Waals surface area contributed by atoms with E-state index >= 15 is 0 Å². The Kier molecular flexibility index (Phi) is 17.1. The van der Waals surface area contributed by atoms with Crippen LogP contribution in [0, 0.1) is 0 Å². The maximum Gasteiger partial charge on any atom is 0.226 e. The van der Waals surface area contributed by atoms with Gasteiger partial charge in [0.1, 0.15) is 35.9 Å². The monoisotopic (exact) mass is 664 g/mol. The highest BCUT2D eigenvalue weighted by atomic mass is 35.5. The second kappa shape index (κ2) is 20.5. The van der Waals surface area contributed by atoms with Crippen LogP contribution >= 0.6 is 11.6 Å². The van der Waals surface area contributed by atoms with Gasteiger partial charge in [0.2, 0.25) is 5.79 Å². The summed E-state index contributed by atoms with van der Waals surface area (Å²) >= 11 is 6.69. The molecule has 0 spiro atoms. The highest BCUT2D eigenvalue weighted by Crippen LogP contribution is 2.45. The number of rotatable bonds is 22. The number of ether oxygens (including phenoxy) is 6. The predicted octanol–water partition coefficient (Wildman–Crippen LogP) is 7.95. The summed E-state index contributed by atoms with van der Waals surface area (Å²) in [5, 5.41) is 24.4. The molecule has 1 saturated heterocycles. The molecule has 1 heterocycles. The Morgan fingerprint density at radius 3 is 1.98 bits per heavy atom. The summed E-state index contributed by atoms with van der Waals surface area (Å²) < 4.78 is 37.7. The third kappa shape index (κ3) is 10.8. The van der Waals surface area contributed by atoms with E-state index in [0.29, 0.717) is 44.5 Å². The minimum Gasteiger partial charge on any atom is -0.507 e. The molecule has 9 heteroatoms. The standard InChI is InChI=1S/C37H57ClO8/c1-6-11-19-41-26-33-34(43-20-12-7-2)35(44-21-13-8-3)36(45-22-14-9-4)37(40,46-33)30-24-28(31(38)25-32(30)39)23-27-15-17-29(18-16-27)42-10-5/h15-18,24-25,33-36,39-40H,6-14,19-23,26H2,1-5H3/t33-,34-,35+,36-,37?/m1/s1. The van der Waals surface area contributed by atoms with Gasteiger partial charge in [0.15, 0.2) is 0 Å². The van der Waals surface area contributed by atoms with Crippen LogP contribution in [-0.4, -0.2) is 74.3 Å². The van der Waals surface area contributed by atoms with Crippen molar-refractivity contribution >= 4 is 11.6 Å². The fourth-order valence-corrected chi connectivity index (χ4v) is 5.78. The van der Waals surface area contributed by atoms with Gasteiger partial charge in [0, 0.05) is 31.5 Å². The third-order valence-corrected chi connectivity index (χ3v) is 8.57. The average molecular weight is 665 g/mol. The number of aromatic hydroxyl groups is 1. The van der Waals surface area contributed by atoms with Crippen LogP contribution in [0.4, 0.5) is 0 Å². The molecule has 260 valence electrons. The molecule has 2 aromatic rings. The Labute approximate surface area is 281 Å². The molecule has 0 amide bonds. The van der Waals surface area contributed by atoms with Gasteiger partial charge in [-0.1, -0.05) is 77.1 Å². The molecule has 1 aliphatic heterocycles. The largest absolute Gasteiger partial charge is 0.507 e. The van der Waals surface area contributed by atoms with Gasteiger partial charge in [-0.3, -0.25) is 0 Å². The normalized spacial score (nSPS) is 23.1. The summed E-state index contributed by atoms with van der Waals surface area (Å²) in [7, 11) is 0. The molecular formula is C37H57ClO8. The van der Waals surface area contributed by atoms with Crippen molar-refractivity contribution in [1.29, 1.82) is 0 Å². The molecule has 1 aliphatic rings. The molecule has 46 heavy (non-hydrogen) atoms. The molecule has 0 radical (unpaired) electrons. The van der Waals surface area contributed by atoms with Gasteiger partial charge in [0.05, 0.1) is 18.8 Å². The SMILES string of the molecule is CCCCOC[C@H]1OC(O)(c2cc(Cc3ccc(OCC)cc3)c(Cl)cc2O)[C@H](OCCCC)[C@@H](OCCCC)[C@@H]1OCCCC. The Hall–Kier alpha value is -1.91. The molecular weight excluding hydrogens is 608 g/mol. The first kappa shape index (κ1) is 38.5. The number of phenolic OH excluding ortho intramolecular Hbond substituents is 1. The first-order valence-electron chi connectivity index (χ1n) is 17.4. The number of hydrogen-bond acceptors (Lipinski definition) is 8. The second-order valence-electron chi connectivity index (χ2n) is 12.0. The van der Waals surface area contributed by atoms with Crippen LogP contribution in [0.3, 0.4) is 0 Å². The van der Waals surface area contributed by atoms with Crippen molar-refractivity contribution in [2.24, 2.45) is 0 Å². The number of aliphatic hydroxyl groups is 1. The van der Waals surface area contributed by atoms with E-state index in [9.17, 15) is 10.2 Å². The topological polar surface area (TPSA) is 95.8 Å². The van der Waals surface area contributed by atoms with E-state index in [1.54, 1.807) is 6.07 Å². The minimum atomic E-state index is -2.07. The zero-order valence-corrected chi connectivity index (χ0v) is 29.4. The summed E-state index contributed by atoms with van der Waals surface area (Å²) in [6.07, 6.45) is 4.83. The van der Waals surface area contributed by atoms with Crippen LogP contribution in [0.1, 0.15) is 103 Å². The second-order valence-corrected chi connectivity index (χ2v) is 12.4. The summed E-state index contributed by atoms with van der Waals surface area (Å²) in [4.78, 5) is 0. The van der Waals surface area contributed by atoms with Crippen LogP contribution < -0.4 is 4.74 Å². The zero-order chi connectivity index (χ0) is 33.4. The predicted molar refractivity (Wildman–Crippen MR) is 182 cm³/mol. The van der Waals surface area contributed by atoms with Crippen LogP contribution in [0.2, 0.25) is 5.02 Å². The van der Waals surface area contributed by atoms with E-state index in [2.05, 4.69) is 27.7 Å². The van der Waals surface area contributed by atoms with E-state index in [1.807, 2.05) is 31.2 Å². The molecule has 3 rings (SSSR count). The molecule has 0 aliphatic carbocycles. The highest BCUT2D eigenvalue weighted by Gasteiger charge is 2.58. The lowest BCUT2D eigenvalue weighted by atomic mass is 9.86. The van der Waals surface area contributed by atoms with Gasteiger partial charge in [0.25, 0.3) is 0 Å². The van der Waals surface area contributed by atoms with E-state index in [1.165, 1.54) is 6.07 Å². The molecule has 1 fully saturated rings. The summed E-state index contributed by atoms with van der Waals surface area (Å²) in [5.74, 6) is -1.47. The molecule has 2 aromatic carbocycles. The molecule has 5 atom stereocenters. The Morgan fingerprint density at radius 1 is 0.783 bits per heavy atom. The van der Waals surface area contributed by atoms with Gasteiger partial charge < -0.3 is 38.6 Å². The number of hydrogen-bond donors (Lipinski definition) is 2. The summed E-state index contributed by atoms with van der Waals surface area (Å²) in [6.45, 7) is 13.1. The van der Waals surface area contributed by atoms with Gasteiger partial charge in [-0.25, -0.2) is 0 Å². The van der Waals surface area contributed by atoms with Crippen molar-refractivity contribution < 1.29 is 38.6 Å². The van der Waals surface area contributed by atoms with Crippen molar-refractivity contribution in [3.8, 4) is 11.5 Å². The fraction of sp³-hybridized carbons (Fsp3) is 0.676. The van der Waals surface area contributed by atoms with Gasteiger partial charge in [-0.15, -0.1) is 0 Å². The van der Waals surface area contributed by atoms with Crippen molar-refractivity contribution in [1.82, 2.24) is 0 Å². The van der Waals surface area contributed by atoms with Gasteiger partial charge >= 0.3 is 0 Å². The van der Waals surface area contributed by atoms with Crippen molar-refractivity contribution in [2.45, 2.75) is 123 Å². The lowest BCUT2D eigenvalue weighted by Crippen LogP contribution is -2.66. The number of halogens is 1. The van der Waals surface area contributed by atoms with Crippen LogP contribution in [0.25, 0.3) is 0 Å². The summed E-state index contributed by atoms with van der Waals surface area (Å²) in [6, 6.07) is 11.0. The quantitative estimate of drug-likeness (QED) is 0.123. The molecule has 1 unspecified atom stereocenters. The number of phenols is 1. The Morgan fingerprint density at radius 2 is 1.37 bits per heavy atom.